The van der Waals surface area contributed by atoms with Gasteiger partial charge in [-0.1, -0.05) is 34.8 Å². The molecule has 1 aromatic rings. The van der Waals surface area contributed by atoms with E-state index in [0.717, 1.165) is 5.56 Å². The number of hydrogen-bond donors (Lipinski definition) is 0. The molecule has 0 aliphatic carbocycles. The zero-order valence-electron chi connectivity index (χ0n) is 15.3. The number of amides is 3. The fourth-order valence-corrected chi connectivity index (χ4v) is 3.78. The van der Waals surface area contributed by atoms with Gasteiger partial charge >= 0.3 is 12.0 Å². The van der Waals surface area contributed by atoms with Crippen molar-refractivity contribution in [1.29, 1.82) is 0 Å². The Morgan fingerprint density at radius 1 is 1.22 bits per heavy atom. The summed E-state index contributed by atoms with van der Waals surface area (Å²) in [7, 11) is 3.48. The van der Waals surface area contributed by atoms with Gasteiger partial charge in [0, 0.05) is 12.1 Å². The van der Waals surface area contributed by atoms with Crippen LogP contribution in [0.25, 0.3) is 0 Å². The average Bonchev–Trinajstić information content (AvgIpc) is 3.03. The number of nitrogens with zero attached hydrogens (tertiary/aromatic N) is 5. The first-order chi connectivity index (χ1) is 13.0. The number of hydrogen-bond acceptors (Lipinski definition) is 3. The Balaban J connectivity index is 1.66. The lowest BCUT2D eigenvalue weighted by Crippen LogP contribution is -2.63. The molecule has 0 bridgehead atoms. The van der Waals surface area contributed by atoms with Gasteiger partial charge in [0.1, 0.15) is 0 Å². The lowest BCUT2D eigenvalue weighted by Gasteiger charge is -2.34. The van der Waals surface area contributed by atoms with Gasteiger partial charge in [0.15, 0.2) is 0 Å². The van der Waals surface area contributed by atoms with E-state index < -0.39 is 12.1 Å². The number of morpholine rings is 1. The second kappa shape index (κ2) is 6.94. The van der Waals surface area contributed by atoms with Crippen LogP contribution in [0.15, 0.2) is 29.3 Å². The molecule has 2 saturated heterocycles. The van der Waals surface area contributed by atoms with E-state index in [-0.39, 0.29) is 12.5 Å². The lowest BCUT2D eigenvalue weighted by atomic mass is 10.1. The Kier molecular flexibility index (Phi) is 4.61. The molecule has 3 aliphatic heterocycles. The summed E-state index contributed by atoms with van der Waals surface area (Å²) < 4.78 is 7.48. The van der Waals surface area contributed by atoms with Crippen molar-refractivity contribution in [3.05, 3.63) is 34.9 Å². The van der Waals surface area contributed by atoms with Crippen molar-refractivity contribution >= 4 is 35.3 Å². The summed E-state index contributed by atoms with van der Waals surface area (Å²) in [6, 6.07) is 6.20. The summed E-state index contributed by atoms with van der Waals surface area (Å²) in [5.41, 5.74) is 0.729. The second-order valence-corrected chi connectivity index (χ2v) is 7.15. The highest BCUT2D eigenvalue weighted by molar-refractivity contribution is 6.31. The predicted molar refractivity (Wildman–Crippen MR) is 100.0 cm³/mol. The summed E-state index contributed by atoms with van der Waals surface area (Å²) in [6.45, 7) is 2.78. The van der Waals surface area contributed by atoms with Gasteiger partial charge in [0.25, 0.3) is 5.91 Å². The van der Waals surface area contributed by atoms with Crippen LogP contribution in [0.2, 0.25) is 5.02 Å². The van der Waals surface area contributed by atoms with Crippen LogP contribution in [-0.4, -0.2) is 89.4 Å². The number of imide groups is 1. The first-order valence-electron chi connectivity index (χ1n) is 8.82. The summed E-state index contributed by atoms with van der Waals surface area (Å²) >= 11 is 6.22. The summed E-state index contributed by atoms with van der Waals surface area (Å²) in [6.07, 6.45) is 0. The van der Waals surface area contributed by atoms with E-state index in [4.69, 9.17) is 16.3 Å². The molecular weight excluding hydrogens is 370 g/mol. The molecule has 3 aliphatic rings. The molecular formula is C18H21ClN5O3+. The first-order valence-corrected chi connectivity index (χ1v) is 9.20. The highest BCUT2D eigenvalue weighted by Crippen LogP contribution is 2.25. The summed E-state index contributed by atoms with van der Waals surface area (Å²) in [5, 5.41) is 0.528. The summed E-state index contributed by atoms with van der Waals surface area (Å²) in [5.74, 6) is 0.873. The number of halogens is 1. The van der Waals surface area contributed by atoms with Crippen LogP contribution in [-0.2, 0) is 16.1 Å². The third-order valence-corrected chi connectivity index (χ3v) is 5.47. The minimum absolute atomic E-state index is 0.131. The van der Waals surface area contributed by atoms with Crippen LogP contribution in [0.3, 0.4) is 0 Å². The van der Waals surface area contributed by atoms with Crippen molar-refractivity contribution in [3.63, 3.8) is 0 Å². The first kappa shape index (κ1) is 17.9. The molecule has 3 amide bonds. The van der Waals surface area contributed by atoms with Crippen LogP contribution in [0.4, 0.5) is 4.79 Å². The van der Waals surface area contributed by atoms with Gasteiger partial charge < -0.3 is 4.74 Å². The van der Waals surface area contributed by atoms with Gasteiger partial charge in [0.2, 0.25) is 11.9 Å². The van der Waals surface area contributed by atoms with E-state index in [2.05, 4.69) is 9.57 Å². The monoisotopic (exact) mass is 390 g/mol. The Bertz CT molecular complexity index is 860. The predicted octanol–water partition coefficient (Wildman–Crippen LogP) is 0.845. The third-order valence-electron chi connectivity index (χ3n) is 5.10. The standard InChI is InChI=1S/C18H21ClN5O3/c1-21-14-15(20-17(21)23-7-9-27-10-8-23)22(2)18(26)24(16(14)25)11-12-5-3-4-6-13(12)19/h3-6,14H,7-11H2,1-2H3/q+1. The van der Waals surface area contributed by atoms with Crippen LogP contribution in [0, 0.1) is 0 Å². The highest BCUT2D eigenvalue weighted by Gasteiger charge is 2.54. The van der Waals surface area contributed by atoms with E-state index in [9.17, 15) is 9.59 Å². The molecule has 0 saturated carbocycles. The minimum Gasteiger partial charge on any atom is -0.375 e. The molecule has 4 rings (SSSR count). The van der Waals surface area contributed by atoms with Gasteiger partial charge in [-0.25, -0.2) is 9.69 Å². The molecule has 1 aromatic carbocycles. The zero-order chi connectivity index (χ0) is 19.1. The lowest BCUT2D eigenvalue weighted by molar-refractivity contribution is -0.554. The number of ether oxygens (including phenoxy) is 1. The third kappa shape index (κ3) is 2.98. The number of fused-ring (bicyclic) bond motifs is 1. The molecule has 0 N–H and O–H groups in total. The number of amidine groups is 1. The van der Waals surface area contributed by atoms with Gasteiger partial charge in [-0.3, -0.25) is 19.2 Å². The van der Waals surface area contributed by atoms with Crippen molar-refractivity contribution in [2.24, 2.45) is 4.99 Å². The number of carbonyl (C=O) groups is 2. The zero-order valence-corrected chi connectivity index (χ0v) is 16.0. The number of carbonyl (C=O) groups excluding carboxylic acids is 2. The van der Waals surface area contributed by atoms with Crippen molar-refractivity contribution in [3.8, 4) is 0 Å². The van der Waals surface area contributed by atoms with Crippen LogP contribution >= 0.6 is 11.6 Å². The topological polar surface area (TPSA) is 68.5 Å². The second-order valence-electron chi connectivity index (χ2n) is 6.74. The maximum absolute atomic E-state index is 13.2. The molecule has 9 heteroatoms. The molecule has 27 heavy (non-hydrogen) atoms. The van der Waals surface area contributed by atoms with Gasteiger partial charge in [-0.2, -0.15) is 0 Å². The Labute approximate surface area is 162 Å². The van der Waals surface area contributed by atoms with Crippen molar-refractivity contribution in [2.45, 2.75) is 12.6 Å². The molecule has 0 spiro atoms. The van der Waals surface area contributed by atoms with E-state index in [1.54, 1.807) is 13.1 Å². The highest BCUT2D eigenvalue weighted by atomic mass is 35.5. The number of aliphatic imine (C=N–C) groups is 1. The Morgan fingerprint density at radius 2 is 1.93 bits per heavy atom. The number of urea groups is 1. The van der Waals surface area contributed by atoms with Gasteiger partial charge in [0.05, 0.1) is 39.9 Å². The van der Waals surface area contributed by atoms with Crippen molar-refractivity contribution in [1.82, 2.24) is 14.7 Å². The molecule has 1 atom stereocenters. The molecule has 0 radical (unpaired) electrons. The quantitative estimate of drug-likeness (QED) is 0.702. The molecule has 0 aromatic heterocycles. The maximum Gasteiger partial charge on any atom is 0.392 e. The molecule has 3 heterocycles. The fraction of sp³-hybridized carbons (Fsp3) is 0.444. The van der Waals surface area contributed by atoms with Crippen LogP contribution in [0.5, 0.6) is 0 Å². The van der Waals surface area contributed by atoms with Gasteiger partial charge in [-0.05, 0) is 11.6 Å². The van der Waals surface area contributed by atoms with Gasteiger partial charge in [-0.15, -0.1) is 0 Å². The number of benzene rings is 1. The molecule has 8 nitrogen and oxygen atoms in total. The number of likely N-dealkylation sites (N-methyl/N-ethyl adjacent to an activating group) is 2. The Hall–Kier alpha value is -2.45. The van der Waals surface area contributed by atoms with Crippen LogP contribution in [0.1, 0.15) is 5.56 Å². The average molecular weight is 391 g/mol. The normalized spacial score (nSPS) is 23.1. The SMILES string of the molecule is CN1C(=O)N(Cc2ccccc2Cl)C(=O)C2C1=NC(=[N+]1CCOCC1)N2C. The number of rotatable bonds is 2. The summed E-state index contributed by atoms with van der Waals surface area (Å²) in [4.78, 5) is 35.1. The van der Waals surface area contributed by atoms with Crippen LogP contribution < -0.4 is 0 Å². The smallest absolute Gasteiger partial charge is 0.375 e. The molecule has 2 fully saturated rings. The van der Waals surface area contributed by atoms with Crippen molar-refractivity contribution in [2.75, 3.05) is 40.4 Å². The van der Waals surface area contributed by atoms with E-state index in [1.807, 2.05) is 30.1 Å². The fourth-order valence-electron chi connectivity index (χ4n) is 3.59. The largest absolute Gasteiger partial charge is 0.392 e. The Morgan fingerprint density at radius 3 is 2.63 bits per heavy atom. The number of guanidine groups is 1. The van der Waals surface area contributed by atoms with E-state index in [1.165, 1.54) is 9.80 Å². The van der Waals surface area contributed by atoms with E-state index >= 15 is 0 Å². The van der Waals surface area contributed by atoms with Crippen molar-refractivity contribution < 1.29 is 18.9 Å². The maximum atomic E-state index is 13.2. The minimum atomic E-state index is -0.618. The molecule has 1 unspecified atom stereocenters. The van der Waals surface area contributed by atoms with E-state index in [0.29, 0.717) is 43.1 Å². The molecule has 142 valence electrons.